The van der Waals surface area contributed by atoms with E-state index < -0.39 is 0 Å². The maximum absolute atomic E-state index is 5.81. The number of fused-ring (bicyclic) bond motifs is 1. The third-order valence-corrected chi connectivity index (χ3v) is 2.08. The highest BCUT2D eigenvalue weighted by Crippen LogP contribution is 2.29. The highest BCUT2D eigenvalue weighted by molar-refractivity contribution is 6.70. The molecular weight excluding hydrogens is 170 g/mol. The lowest BCUT2D eigenvalue weighted by Crippen LogP contribution is -2.00. The first kappa shape index (κ1) is 7.56. The number of hydrogen-bond acceptors (Lipinski definition) is 1. The van der Waals surface area contributed by atoms with Crippen molar-refractivity contribution in [3.8, 4) is 0 Å². The molecule has 1 heterocycles. The van der Waals surface area contributed by atoms with Crippen molar-refractivity contribution in [3.05, 3.63) is 48.4 Å². The van der Waals surface area contributed by atoms with Crippen LogP contribution in [0.25, 0.3) is 0 Å². The summed E-state index contributed by atoms with van der Waals surface area (Å²) in [6.45, 7) is 3.78. The second-order valence-electron chi connectivity index (χ2n) is 2.63. The summed E-state index contributed by atoms with van der Waals surface area (Å²) in [7, 11) is 0. The lowest BCUT2D eigenvalue weighted by molar-refractivity contribution is 1.38. The van der Waals surface area contributed by atoms with E-state index in [4.69, 9.17) is 11.6 Å². The van der Waals surface area contributed by atoms with Crippen LogP contribution < -0.4 is 0 Å². The third kappa shape index (κ3) is 1.16. The fourth-order valence-electron chi connectivity index (χ4n) is 1.14. The van der Waals surface area contributed by atoms with E-state index in [2.05, 4.69) is 11.6 Å². The molecular formula is C10H7ClN. The fourth-order valence-corrected chi connectivity index (χ4v) is 1.28. The molecule has 1 aliphatic rings. The molecule has 59 valence electrons. The maximum Gasteiger partial charge on any atom is 0.132 e. The average Bonchev–Trinajstić information content (AvgIpc) is 2.07. The summed E-state index contributed by atoms with van der Waals surface area (Å²) in [5.41, 5.74) is 2.76. The third-order valence-electron chi connectivity index (χ3n) is 1.75. The molecule has 1 radical (unpaired) electrons. The van der Waals surface area contributed by atoms with Crippen LogP contribution in [0.4, 0.5) is 5.69 Å². The number of para-hydroxylation sites is 1. The number of aliphatic imine (C=N–C) groups is 1. The largest absolute Gasteiger partial charge is 0.236 e. The Morgan fingerprint density at radius 2 is 2.00 bits per heavy atom. The van der Waals surface area contributed by atoms with Crippen molar-refractivity contribution in [3.63, 3.8) is 0 Å². The standard InChI is InChI=1S/C10H7ClN/c1-7-6-8-4-2-3-5-9(8)12-10(7)11/h2-6H,1H2. The van der Waals surface area contributed by atoms with Crippen LogP contribution in [-0.2, 0) is 0 Å². The van der Waals surface area contributed by atoms with Crippen LogP contribution in [0.5, 0.6) is 0 Å². The molecule has 2 heteroatoms. The molecule has 0 amide bonds. The predicted octanol–water partition coefficient (Wildman–Crippen LogP) is 3.08. The van der Waals surface area contributed by atoms with Crippen LogP contribution in [0.15, 0.2) is 41.4 Å². The van der Waals surface area contributed by atoms with E-state index in [1.165, 1.54) is 0 Å². The van der Waals surface area contributed by atoms with E-state index in [1.54, 1.807) is 0 Å². The van der Waals surface area contributed by atoms with Gasteiger partial charge in [-0.15, -0.1) is 0 Å². The maximum atomic E-state index is 5.81. The van der Waals surface area contributed by atoms with Gasteiger partial charge in [0.05, 0.1) is 5.69 Å². The van der Waals surface area contributed by atoms with E-state index in [0.29, 0.717) is 5.17 Å². The zero-order chi connectivity index (χ0) is 8.55. The molecule has 0 aromatic heterocycles. The summed E-state index contributed by atoms with van der Waals surface area (Å²) in [6.07, 6.45) is 1.94. The number of halogens is 1. The first-order valence-electron chi connectivity index (χ1n) is 3.64. The van der Waals surface area contributed by atoms with Gasteiger partial charge in [0.2, 0.25) is 0 Å². The molecule has 0 atom stereocenters. The van der Waals surface area contributed by atoms with E-state index in [0.717, 1.165) is 16.8 Å². The van der Waals surface area contributed by atoms with Crippen molar-refractivity contribution in [1.29, 1.82) is 0 Å². The van der Waals surface area contributed by atoms with Gasteiger partial charge >= 0.3 is 0 Å². The normalized spacial score (nSPS) is 15.4. The molecule has 0 aliphatic carbocycles. The molecule has 1 nitrogen and oxygen atoms in total. The second-order valence-corrected chi connectivity index (χ2v) is 2.99. The van der Waals surface area contributed by atoms with Crippen molar-refractivity contribution in [1.82, 2.24) is 0 Å². The molecule has 0 saturated heterocycles. The number of hydrogen-bond donors (Lipinski definition) is 0. The van der Waals surface area contributed by atoms with Gasteiger partial charge in [0.15, 0.2) is 0 Å². The van der Waals surface area contributed by atoms with E-state index in [-0.39, 0.29) is 0 Å². The van der Waals surface area contributed by atoms with Gasteiger partial charge in [-0.25, -0.2) is 4.99 Å². The molecule has 0 bridgehead atoms. The van der Waals surface area contributed by atoms with E-state index in [1.807, 2.05) is 30.7 Å². The Hall–Kier alpha value is -1.08. The first-order chi connectivity index (χ1) is 5.77. The van der Waals surface area contributed by atoms with E-state index in [9.17, 15) is 0 Å². The zero-order valence-electron chi connectivity index (χ0n) is 6.42. The molecule has 0 saturated carbocycles. The van der Waals surface area contributed by atoms with Gasteiger partial charge in [-0.05, 0) is 17.2 Å². The highest BCUT2D eigenvalue weighted by Gasteiger charge is 2.12. The number of allylic oxidation sites excluding steroid dienone is 1. The smallest absolute Gasteiger partial charge is 0.132 e. The van der Waals surface area contributed by atoms with Crippen LogP contribution in [0.2, 0.25) is 0 Å². The van der Waals surface area contributed by atoms with E-state index >= 15 is 0 Å². The van der Waals surface area contributed by atoms with Gasteiger partial charge in [-0.2, -0.15) is 0 Å². The Morgan fingerprint density at radius 1 is 1.25 bits per heavy atom. The number of benzene rings is 1. The average molecular weight is 177 g/mol. The van der Waals surface area contributed by atoms with Crippen molar-refractivity contribution in [2.75, 3.05) is 0 Å². The lowest BCUT2D eigenvalue weighted by Gasteiger charge is -2.12. The fraction of sp³-hybridized carbons (Fsp3) is 0. The molecule has 1 aromatic carbocycles. The summed E-state index contributed by atoms with van der Waals surface area (Å²) >= 11 is 5.81. The van der Waals surface area contributed by atoms with Crippen molar-refractivity contribution < 1.29 is 0 Å². The molecule has 1 aromatic rings. The summed E-state index contributed by atoms with van der Waals surface area (Å²) in [4.78, 5) is 4.18. The Morgan fingerprint density at radius 3 is 2.83 bits per heavy atom. The van der Waals surface area contributed by atoms with Crippen LogP contribution >= 0.6 is 11.6 Å². The van der Waals surface area contributed by atoms with Gasteiger partial charge in [0.1, 0.15) is 5.17 Å². The molecule has 0 N–H and O–H groups in total. The minimum Gasteiger partial charge on any atom is -0.236 e. The Bertz CT molecular complexity index is 366. The van der Waals surface area contributed by atoms with Gasteiger partial charge in [-0.1, -0.05) is 36.4 Å². The Kier molecular flexibility index (Phi) is 1.74. The van der Waals surface area contributed by atoms with Crippen LogP contribution in [0, 0.1) is 6.42 Å². The molecule has 0 spiro atoms. The molecule has 12 heavy (non-hydrogen) atoms. The molecule has 1 aliphatic heterocycles. The minimum absolute atomic E-state index is 0.480. The van der Waals surface area contributed by atoms with Crippen molar-refractivity contribution in [2.24, 2.45) is 4.99 Å². The number of rotatable bonds is 0. The minimum atomic E-state index is 0.480. The van der Waals surface area contributed by atoms with Gasteiger partial charge < -0.3 is 0 Å². The SMILES string of the molecule is C=C1[CH]c2ccccc2N=C1Cl. The monoisotopic (exact) mass is 176 g/mol. The van der Waals surface area contributed by atoms with Crippen LogP contribution in [0.3, 0.4) is 0 Å². The zero-order valence-corrected chi connectivity index (χ0v) is 7.17. The van der Waals surface area contributed by atoms with Crippen LogP contribution in [0.1, 0.15) is 5.56 Å². The molecule has 2 rings (SSSR count). The topological polar surface area (TPSA) is 12.4 Å². The summed E-state index contributed by atoms with van der Waals surface area (Å²) in [6, 6.07) is 7.83. The Balaban J connectivity index is 2.56. The van der Waals surface area contributed by atoms with Gasteiger partial charge in [0, 0.05) is 6.42 Å². The molecule has 0 fully saturated rings. The second kappa shape index (κ2) is 2.76. The molecule has 0 unspecified atom stereocenters. The Labute approximate surface area is 76.4 Å². The van der Waals surface area contributed by atoms with Crippen LogP contribution in [-0.4, -0.2) is 5.17 Å². The van der Waals surface area contributed by atoms with Crippen molar-refractivity contribution >= 4 is 22.5 Å². The van der Waals surface area contributed by atoms with Gasteiger partial charge in [0.25, 0.3) is 0 Å². The predicted molar refractivity (Wildman–Crippen MR) is 51.9 cm³/mol. The summed E-state index contributed by atoms with van der Waals surface area (Å²) in [5, 5.41) is 0.480. The quantitative estimate of drug-likeness (QED) is 0.576. The number of nitrogens with zero attached hydrogens (tertiary/aromatic N) is 1. The summed E-state index contributed by atoms with van der Waals surface area (Å²) in [5.74, 6) is 0. The summed E-state index contributed by atoms with van der Waals surface area (Å²) < 4.78 is 0. The van der Waals surface area contributed by atoms with Gasteiger partial charge in [-0.3, -0.25) is 0 Å². The van der Waals surface area contributed by atoms with Crippen molar-refractivity contribution in [2.45, 2.75) is 0 Å². The highest BCUT2D eigenvalue weighted by atomic mass is 35.5. The lowest BCUT2D eigenvalue weighted by atomic mass is 10.0. The first-order valence-corrected chi connectivity index (χ1v) is 4.02.